The summed E-state index contributed by atoms with van der Waals surface area (Å²) in [6, 6.07) is 12.0. The summed E-state index contributed by atoms with van der Waals surface area (Å²) in [5, 5.41) is 12.4. The molecule has 0 bridgehead atoms. The van der Waals surface area contributed by atoms with Crippen LogP contribution in [0.2, 0.25) is 15.1 Å². The molecule has 4 rings (SSSR count). The van der Waals surface area contributed by atoms with E-state index in [1.807, 2.05) is 67.5 Å². The average molecular weight is 606 g/mol. The van der Waals surface area contributed by atoms with Crippen molar-refractivity contribution in [3.05, 3.63) is 68.8 Å². The number of nitrogens with one attached hydrogen (secondary N) is 2. The molecule has 0 aliphatic heterocycles. The van der Waals surface area contributed by atoms with E-state index in [4.69, 9.17) is 44.6 Å². The number of aromatic nitrogens is 2. The molecular weight excluding hydrogens is 571 g/mol. The van der Waals surface area contributed by atoms with Gasteiger partial charge in [-0.25, -0.2) is 9.48 Å². The third-order valence-corrected chi connectivity index (χ3v) is 8.30. The SMILES string of the molecule is Cc1c(C(=O)NC2C(C)(C)C(NC(=O)OC(C)(C)C)C2(C)C)nn(-c2ccc(Cl)cc2Cl)c1-c1ccc(Cl)cc1. The summed E-state index contributed by atoms with van der Waals surface area (Å²) in [7, 11) is 0. The minimum Gasteiger partial charge on any atom is -0.444 e. The minimum atomic E-state index is -0.610. The molecule has 0 atom stereocenters. The summed E-state index contributed by atoms with van der Waals surface area (Å²) in [6.07, 6.45) is -0.481. The van der Waals surface area contributed by atoms with Gasteiger partial charge in [-0.05, 0) is 58.0 Å². The maximum Gasteiger partial charge on any atom is 0.407 e. The molecule has 214 valence electrons. The Balaban J connectivity index is 1.68. The molecule has 1 heterocycles. The lowest BCUT2D eigenvalue weighted by molar-refractivity contribution is -0.0862. The van der Waals surface area contributed by atoms with E-state index < -0.39 is 22.5 Å². The molecular formula is C30H35Cl3N4O3. The molecule has 1 aliphatic rings. The number of ether oxygens (including phenoxy) is 1. The molecule has 0 radical (unpaired) electrons. The largest absolute Gasteiger partial charge is 0.444 e. The summed E-state index contributed by atoms with van der Waals surface area (Å²) >= 11 is 18.9. The highest BCUT2D eigenvalue weighted by Gasteiger charge is 2.63. The van der Waals surface area contributed by atoms with Crippen LogP contribution in [-0.2, 0) is 4.74 Å². The molecule has 40 heavy (non-hydrogen) atoms. The number of carbonyl (C=O) groups excluding carboxylic acids is 2. The van der Waals surface area contributed by atoms with Crippen molar-refractivity contribution in [2.45, 2.75) is 73.1 Å². The van der Waals surface area contributed by atoms with Gasteiger partial charge in [0.05, 0.1) is 16.4 Å². The van der Waals surface area contributed by atoms with E-state index in [2.05, 4.69) is 10.6 Å². The fraction of sp³-hybridized carbons (Fsp3) is 0.433. The van der Waals surface area contributed by atoms with Gasteiger partial charge in [-0.1, -0.05) is 74.6 Å². The predicted octanol–water partition coefficient (Wildman–Crippen LogP) is 7.87. The van der Waals surface area contributed by atoms with Crippen LogP contribution >= 0.6 is 34.8 Å². The van der Waals surface area contributed by atoms with Crippen molar-refractivity contribution in [2.75, 3.05) is 0 Å². The number of carbonyl (C=O) groups is 2. The zero-order chi connectivity index (χ0) is 29.8. The Kier molecular flexibility index (Phi) is 8.00. The van der Waals surface area contributed by atoms with Crippen molar-refractivity contribution in [1.82, 2.24) is 20.4 Å². The molecule has 0 saturated heterocycles. The van der Waals surface area contributed by atoms with Gasteiger partial charge in [-0.2, -0.15) is 5.10 Å². The highest BCUT2D eigenvalue weighted by molar-refractivity contribution is 6.35. The second kappa shape index (κ2) is 10.6. The second-order valence-electron chi connectivity index (χ2n) is 12.5. The molecule has 1 fully saturated rings. The third kappa shape index (κ3) is 5.69. The van der Waals surface area contributed by atoms with Crippen molar-refractivity contribution in [3.8, 4) is 16.9 Å². The zero-order valence-corrected chi connectivity index (χ0v) is 26.2. The number of halogens is 3. The zero-order valence-electron chi connectivity index (χ0n) is 23.9. The van der Waals surface area contributed by atoms with Gasteiger partial charge < -0.3 is 15.4 Å². The fourth-order valence-corrected chi connectivity index (χ4v) is 6.62. The van der Waals surface area contributed by atoms with Crippen LogP contribution in [0.25, 0.3) is 16.9 Å². The van der Waals surface area contributed by atoms with Gasteiger partial charge in [-0.3, -0.25) is 4.79 Å². The van der Waals surface area contributed by atoms with Crippen molar-refractivity contribution >= 4 is 46.8 Å². The first kappa shape index (κ1) is 30.2. The molecule has 2 amide bonds. The molecule has 0 spiro atoms. The van der Waals surface area contributed by atoms with Gasteiger partial charge in [0.25, 0.3) is 5.91 Å². The van der Waals surface area contributed by atoms with Gasteiger partial charge >= 0.3 is 6.09 Å². The number of hydrogen-bond acceptors (Lipinski definition) is 4. The Hall–Kier alpha value is -2.74. The van der Waals surface area contributed by atoms with Crippen LogP contribution in [0.15, 0.2) is 42.5 Å². The highest BCUT2D eigenvalue weighted by atomic mass is 35.5. The van der Waals surface area contributed by atoms with E-state index in [0.29, 0.717) is 32.0 Å². The number of rotatable bonds is 5. The van der Waals surface area contributed by atoms with E-state index in [9.17, 15) is 9.59 Å². The molecule has 1 aliphatic carbocycles. The molecule has 3 aromatic rings. The minimum absolute atomic E-state index is 0.226. The normalized spacial score (nSPS) is 19.5. The van der Waals surface area contributed by atoms with Crippen LogP contribution in [0, 0.1) is 17.8 Å². The van der Waals surface area contributed by atoms with Crippen LogP contribution in [0.3, 0.4) is 0 Å². The first-order valence-electron chi connectivity index (χ1n) is 13.0. The van der Waals surface area contributed by atoms with Gasteiger partial charge in [0, 0.05) is 44.1 Å². The Morgan fingerprint density at radius 3 is 2.00 bits per heavy atom. The molecule has 1 saturated carbocycles. The highest BCUT2D eigenvalue weighted by Crippen LogP contribution is 2.54. The Labute approximate surface area is 250 Å². The number of benzene rings is 2. The van der Waals surface area contributed by atoms with Crippen molar-refractivity contribution in [1.29, 1.82) is 0 Å². The topological polar surface area (TPSA) is 85.2 Å². The maximum absolute atomic E-state index is 13.8. The number of alkyl carbamates (subject to hydrolysis) is 1. The molecule has 2 aromatic carbocycles. The third-order valence-electron chi connectivity index (χ3n) is 7.51. The van der Waals surface area contributed by atoms with Crippen molar-refractivity contribution in [3.63, 3.8) is 0 Å². The van der Waals surface area contributed by atoms with Crippen LogP contribution in [-0.4, -0.2) is 39.5 Å². The quantitative estimate of drug-likeness (QED) is 0.310. The smallest absolute Gasteiger partial charge is 0.407 e. The van der Waals surface area contributed by atoms with E-state index in [1.54, 1.807) is 35.0 Å². The van der Waals surface area contributed by atoms with Gasteiger partial charge in [0.1, 0.15) is 5.60 Å². The molecule has 7 nitrogen and oxygen atoms in total. The standard InChI is InChI=1S/C30H35Cl3N4O3/c1-16-22(24(38)34-25-29(5,6)26(30(25,7)8)35-27(39)40-28(2,3)4)36-37(21-14-13-19(32)15-20(21)33)23(16)17-9-11-18(31)12-10-17/h9-15,25-26H,1-8H3,(H,34,38)(H,35,39). The van der Waals surface area contributed by atoms with Gasteiger partial charge in [0.15, 0.2) is 5.69 Å². The van der Waals surface area contributed by atoms with Crippen LogP contribution in [0.4, 0.5) is 4.79 Å². The van der Waals surface area contributed by atoms with E-state index in [1.165, 1.54) is 0 Å². The Morgan fingerprint density at radius 1 is 0.900 bits per heavy atom. The van der Waals surface area contributed by atoms with Crippen molar-refractivity contribution in [2.24, 2.45) is 10.8 Å². The first-order chi connectivity index (χ1) is 18.4. The van der Waals surface area contributed by atoms with Gasteiger partial charge in [0.2, 0.25) is 0 Å². The van der Waals surface area contributed by atoms with Crippen molar-refractivity contribution < 1.29 is 14.3 Å². The number of hydrogen-bond donors (Lipinski definition) is 2. The average Bonchev–Trinajstić information content (AvgIpc) is 3.16. The molecule has 0 unspecified atom stereocenters. The van der Waals surface area contributed by atoms with Crippen LogP contribution < -0.4 is 10.6 Å². The monoisotopic (exact) mass is 604 g/mol. The van der Waals surface area contributed by atoms with E-state index >= 15 is 0 Å². The lowest BCUT2D eigenvalue weighted by atomic mass is 9.48. The molecule has 1 aromatic heterocycles. The summed E-state index contributed by atoms with van der Waals surface area (Å²) in [5.74, 6) is -0.321. The Bertz CT molecular complexity index is 1440. The van der Waals surface area contributed by atoms with E-state index in [-0.39, 0.29) is 23.7 Å². The number of nitrogens with zero attached hydrogens (tertiary/aromatic N) is 2. The summed E-state index contributed by atoms with van der Waals surface area (Å²) in [6.45, 7) is 15.4. The lowest BCUT2D eigenvalue weighted by Gasteiger charge is -2.63. The summed E-state index contributed by atoms with van der Waals surface area (Å²) in [5.41, 5.74) is 1.56. The lowest BCUT2D eigenvalue weighted by Crippen LogP contribution is -2.77. The Morgan fingerprint density at radius 2 is 1.45 bits per heavy atom. The summed E-state index contributed by atoms with van der Waals surface area (Å²) in [4.78, 5) is 26.4. The van der Waals surface area contributed by atoms with Crippen LogP contribution in [0.1, 0.15) is 64.5 Å². The predicted molar refractivity (Wildman–Crippen MR) is 161 cm³/mol. The van der Waals surface area contributed by atoms with Gasteiger partial charge in [-0.15, -0.1) is 0 Å². The fourth-order valence-electron chi connectivity index (χ4n) is 6.01. The maximum atomic E-state index is 13.8. The van der Waals surface area contributed by atoms with E-state index in [0.717, 1.165) is 5.56 Å². The molecule has 10 heteroatoms. The summed E-state index contributed by atoms with van der Waals surface area (Å²) < 4.78 is 7.14. The van der Waals surface area contributed by atoms with Crippen LogP contribution in [0.5, 0.6) is 0 Å². The molecule has 2 N–H and O–H groups in total. The second-order valence-corrected chi connectivity index (χ2v) is 13.7. The first-order valence-corrected chi connectivity index (χ1v) is 14.2. The number of amides is 2.